The van der Waals surface area contributed by atoms with Crippen molar-refractivity contribution in [2.24, 2.45) is 0 Å². The van der Waals surface area contributed by atoms with Crippen LogP contribution in [0.15, 0.2) is 97.1 Å². The number of halogens is 4. The van der Waals surface area contributed by atoms with E-state index in [0.29, 0.717) is 12.8 Å². The van der Waals surface area contributed by atoms with Crippen molar-refractivity contribution in [3.05, 3.63) is 143 Å². The van der Waals surface area contributed by atoms with Crippen LogP contribution in [0.1, 0.15) is 28.2 Å². The maximum atomic E-state index is 14.1. The van der Waals surface area contributed by atoms with Gasteiger partial charge in [0.2, 0.25) is 11.8 Å². The minimum absolute atomic E-state index is 0.00322. The fraction of sp³-hybridized carbons (Fsp3) is 0.243. The number of benzene rings is 4. The Bertz CT molecular complexity index is 1840. The molecule has 260 valence electrons. The van der Waals surface area contributed by atoms with Gasteiger partial charge in [-0.3, -0.25) is 9.59 Å². The molecule has 0 saturated carbocycles. The van der Waals surface area contributed by atoms with E-state index in [1.165, 1.54) is 24.3 Å². The second-order valence-electron chi connectivity index (χ2n) is 11.6. The number of aliphatic hydroxyl groups excluding tert-OH is 1. The van der Waals surface area contributed by atoms with Gasteiger partial charge < -0.3 is 14.6 Å². The van der Waals surface area contributed by atoms with Gasteiger partial charge in [-0.05, 0) is 36.1 Å². The summed E-state index contributed by atoms with van der Waals surface area (Å²) in [6, 6.07) is 24.5. The Kier molecular flexibility index (Phi) is 11.6. The van der Waals surface area contributed by atoms with Gasteiger partial charge in [-0.2, -0.15) is 0 Å². The number of nitrogens with zero attached hydrogens (tertiary/aromatic N) is 2. The minimum Gasteiger partial charge on any atom is -0.447 e. The molecule has 0 aliphatic carbocycles. The fourth-order valence-electron chi connectivity index (χ4n) is 5.77. The average Bonchev–Trinajstić information content (AvgIpc) is 3.67. The molecular formula is C37H32F4N2O7. The second kappa shape index (κ2) is 16.2. The zero-order chi connectivity index (χ0) is 35.8. The SMILES string of the molecule is O=C(Cc1cccc(F)c1F)N1C(=O)OC[C@@H]1Cc1ccccc1.O=C1OC[C@H](Cc2ccccc2)N1C(=O)[C@@H](CO)c1cccc(F)c1F. The van der Waals surface area contributed by atoms with E-state index < -0.39 is 78.3 Å². The van der Waals surface area contributed by atoms with Crippen LogP contribution in [0.3, 0.4) is 0 Å². The van der Waals surface area contributed by atoms with Crippen LogP contribution in [0.4, 0.5) is 27.2 Å². The molecule has 2 aliphatic heterocycles. The third-order valence-electron chi connectivity index (χ3n) is 8.27. The molecule has 9 nitrogen and oxygen atoms in total. The molecule has 1 N–H and O–H groups in total. The van der Waals surface area contributed by atoms with E-state index in [1.807, 2.05) is 60.7 Å². The Hall–Kier alpha value is -5.56. The molecule has 4 aromatic carbocycles. The van der Waals surface area contributed by atoms with E-state index >= 15 is 0 Å². The Labute approximate surface area is 284 Å². The molecule has 0 radical (unpaired) electrons. The number of hydrogen-bond donors (Lipinski definition) is 1. The van der Waals surface area contributed by atoms with Crippen molar-refractivity contribution in [2.45, 2.75) is 37.3 Å². The van der Waals surface area contributed by atoms with Crippen LogP contribution in [-0.2, 0) is 38.3 Å². The highest BCUT2D eigenvalue weighted by Gasteiger charge is 2.42. The molecule has 4 aromatic rings. The van der Waals surface area contributed by atoms with E-state index in [-0.39, 0.29) is 24.3 Å². The van der Waals surface area contributed by atoms with Crippen molar-refractivity contribution in [1.29, 1.82) is 0 Å². The first-order chi connectivity index (χ1) is 24.1. The summed E-state index contributed by atoms with van der Waals surface area (Å²) < 4.78 is 64.5. The second-order valence-corrected chi connectivity index (χ2v) is 11.6. The van der Waals surface area contributed by atoms with Crippen molar-refractivity contribution >= 4 is 24.0 Å². The average molecular weight is 693 g/mol. The highest BCUT2D eigenvalue weighted by atomic mass is 19.2. The van der Waals surface area contributed by atoms with Gasteiger partial charge in [0.15, 0.2) is 23.3 Å². The predicted octanol–water partition coefficient (Wildman–Crippen LogP) is 5.73. The molecule has 2 saturated heterocycles. The molecule has 6 rings (SSSR count). The van der Waals surface area contributed by atoms with Gasteiger partial charge in [0.25, 0.3) is 0 Å². The highest BCUT2D eigenvalue weighted by Crippen LogP contribution is 2.27. The molecule has 2 aliphatic rings. The van der Waals surface area contributed by atoms with Crippen LogP contribution in [0.25, 0.3) is 0 Å². The van der Waals surface area contributed by atoms with E-state index in [9.17, 15) is 41.8 Å². The molecule has 3 atom stereocenters. The number of cyclic esters (lactones) is 2. The van der Waals surface area contributed by atoms with Gasteiger partial charge in [0, 0.05) is 11.1 Å². The number of aliphatic hydroxyl groups is 1. The smallest absolute Gasteiger partial charge is 0.417 e. The predicted molar refractivity (Wildman–Crippen MR) is 171 cm³/mol. The lowest BCUT2D eigenvalue weighted by molar-refractivity contribution is -0.132. The Morgan fingerprint density at radius 2 is 1.18 bits per heavy atom. The zero-order valence-corrected chi connectivity index (χ0v) is 26.5. The number of ether oxygens (including phenoxy) is 2. The van der Waals surface area contributed by atoms with Gasteiger partial charge in [-0.15, -0.1) is 0 Å². The third kappa shape index (κ3) is 8.17. The van der Waals surface area contributed by atoms with Crippen molar-refractivity contribution in [2.75, 3.05) is 19.8 Å². The summed E-state index contributed by atoms with van der Waals surface area (Å²) in [5.74, 6) is -7.26. The molecule has 0 spiro atoms. The van der Waals surface area contributed by atoms with Gasteiger partial charge >= 0.3 is 12.2 Å². The fourth-order valence-corrected chi connectivity index (χ4v) is 5.77. The van der Waals surface area contributed by atoms with Crippen molar-refractivity contribution in [1.82, 2.24) is 9.80 Å². The maximum absolute atomic E-state index is 14.1. The Morgan fingerprint density at radius 1 is 0.680 bits per heavy atom. The maximum Gasteiger partial charge on any atom is 0.417 e. The van der Waals surface area contributed by atoms with Crippen LogP contribution in [0, 0.1) is 23.3 Å². The quantitative estimate of drug-likeness (QED) is 0.223. The van der Waals surface area contributed by atoms with Gasteiger partial charge in [0.05, 0.1) is 31.0 Å². The molecule has 50 heavy (non-hydrogen) atoms. The third-order valence-corrected chi connectivity index (χ3v) is 8.27. The van der Waals surface area contributed by atoms with Gasteiger partial charge in [-0.1, -0.05) is 84.9 Å². The molecular weight excluding hydrogens is 660 g/mol. The first kappa shape index (κ1) is 35.7. The van der Waals surface area contributed by atoms with Gasteiger partial charge in [0.1, 0.15) is 13.2 Å². The van der Waals surface area contributed by atoms with Crippen LogP contribution < -0.4 is 0 Å². The van der Waals surface area contributed by atoms with Crippen LogP contribution in [0.2, 0.25) is 0 Å². The van der Waals surface area contributed by atoms with Crippen LogP contribution in [0.5, 0.6) is 0 Å². The van der Waals surface area contributed by atoms with Crippen molar-refractivity contribution < 1.29 is 51.3 Å². The lowest BCUT2D eigenvalue weighted by atomic mass is 9.96. The number of amides is 4. The van der Waals surface area contributed by atoms with E-state index in [0.717, 1.165) is 33.1 Å². The topological polar surface area (TPSA) is 113 Å². The van der Waals surface area contributed by atoms with E-state index in [2.05, 4.69) is 0 Å². The summed E-state index contributed by atoms with van der Waals surface area (Å²) >= 11 is 0. The number of imide groups is 2. The highest BCUT2D eigenvalue weighted by molar-refractivity contribution is 5.97. The lowest BCUT2D eigenvalue weighted by Crippen LogP contribution is -2.43. The number of hydrogen-bond acceptors (Lipinski definition) is 7. The van der Waals surface area contributed by atoms with Crippen molar-refractivity contribution in [3.63, 3.8) is 0 Å². The summed E-state index contributed by atoms with van der Waals surface area (Å²) in [5, 5.41) is 9.60. The largest absolute Gasteiger partial charge is 0.447 e. The minimum atomic E-state index is -1.39. The lowest BCUT2D eigenvalue weighted by Gasteiger charge is -2.24. The normalized spacial score (nSPS) is 17.5. The number of rotatable bonds is 9. The standard InChI is InChI=1S/C19H17F2NO4.C18H15F2NO3/c20-16-8-4-7-14(17(16)21)15(10-23)18(24)22-13(11-26-19(22)25)9-12-5-2-1-3-6-12;19-15-8-4-7-13(17(15)20)10-16(22)21-14(11-24-18(21)23)9-12-5-2-1-3-6-12/h1-8,13,15,23H,9-11H2;1-8,14H,9-11H2/t13-,15-;14-/m00/s1. The monoisotopic (exact) mass is 692 g/mol. The molecule has 0 unspecified atom stereocenters. The Balaban J connectivity index is 0.000000195. The summed E-state index contributed by atoms with van der Waals surface area (Å²) in [5.41, 5.74) is 1.47. The Morgan fingerprint density at radius 3 is 1.74 bits per heavy atom. The molecule has 0 aromatic heterocycles. The first-order valence-electron chi connectivity index (χ1n) is 15.6. The van der Waals surface area contributed by atoms with Crippen molar-refractivity contribution in [3.8, 4) is 0 Å². The summed E-state index contributed by atoms with van der Waals surface area (Å²) in [7, 11) is 0. The molecule has 0 bridgehead atoms. The molecule has 4 amide bonds. The first-order valence-corrected chi connectivity index (χ1v) is 15.6. The van der Waals surface area contributed by atoms with E-state index in [1.54, 1.807) is 0 Å². The summed E-state index contributed by atoms with van der Waals surface area (Å²) in [6.07, 6.45) is -1.19. The van der Waals surface area contributed by atoms with Gasteiger partial charge in [-0.25, -0.2) is 37.0 Å². The molecule has 2 heterocycles. The summed E-state index contributed by atoms with van der Waals surface area (Å²) in [4.78, 5) is 51.1. The number of carbonyl (C=O) groups excluding carboxylic acids is 4. The van der Waals surface area contributed by atoms with Crippen LogP contribution in [-0.4, -0.2) is 70.8 Å². The summed E-state index contributed by atoms with van der Waals surface area (Å²) in [6.45, 7) is -0.671. The van der Waals surface area contributed by atoms with E-state index in [4.69, 9.17) is 9.47 Å². The van der Waals surface area contributed by atoms with Crippen LogP contribution >= 0.6 is 0 Å². The molecule has 13 heteroatoms. The molecule has 2 fully saturated rings. The zero-order valence-electron chi connectivity index (χ0n) is 26.5. The number of carbonyl (C=O) groups is 4.